The smallest absolute Gasteiger partial charge is 0.335 e. The molecule has 1 aliphatic carbocycles. The number of likely N-dealkylation sites (N-methyl/N-ethyl adjacent to an activating group) is 1. The van der Waals surface area contributed by atoms with Crippen LogP contribution < -0.4 is 0 Å². The summed E-state index contributed by atoms with van der Waals surface area (Å²) in [6, 6.07) is 6.88. The monoisotopic (exact) mass is 413 g/mol. The van der Waals surface area contributed by atoms with E-state index in [4.69, 9.17) is 4.99 Å². The van der Waals surface area contributed by atoms with Crippen LogP contribution in [0.5, 0.6) is 0 Å². The van der Waals surface area contributed by atoms with Crippen LogP contribution in [0, 0.1) is 11.8 Å². The molecule has 1 fully saturated rings. The fourth-order valence-corrected chi connectivity index (χ4v) is 5.01. The minimum atomic E-state index is -0.937. The van der Waals surface area contributed by atoms with Crippen LogP contribution in [-0.4, -0.2) is 52.4 Å². The van der Waals surface area contributed by atoms with Gasteiger partial charge in [0.05, 0.1) is 11.6 Å². The molecule has 1 atom stereocenters. The number of amides is 1. The van der Waals surface area contributed by atoms with Gasteiger partial charge in [-0.05, 0) is 61.6 Å². The van der Waals surface area contributed by atoms with Gasteiger partial charge in [-0.25, -0.2) is 9.79 Å². The molecule has 6 heteroatoms. The van der Waals surface area contributed by atoms with Gasteiger partial charge in [0.2, 0.25) is 0 Å². The molecular formula is C24H35N3O3. The molecule has 1 spiro atoms. The number of rotatable bonds is 6. The molecule has 0 bridgehead atoms. The molecule has 1 heterocycles. The normalized spacial score (nSPS) is 25.0. The lowest BCUT2D eigenvalue weighted by atomic mass is 9.76. The van der Waals surface area contributed by atoms with E-state index in [0.717, 1.165) is 44.1 Å². The van der Waals surface area contributed by atoms with Crippen LogP contribution in [0.15, 0.2) is 29.3 Å². The molecule has 1 unspecified atom stereocenters. The fraction of sp³-hybridized carbons (Fsp3) is 0.625. The van der Waals surface area contributed by atoms with Gasteiger partial charge in [-0.1, -0.05) is 39.3 Å². The third-order valence-corrected chi connectivity index (χ3v) is 6.79. The van der Waals surface area contributed by atoms with Crippen molar-refractivity contribution < 1.29 is 14.7 Å². The maximum Gasteiger partial charge on any atom is 0.335 e. The minimum absolute atomic E-state index is 0.0104. The third kappa shape index (κ3) is 4.09. The van der Waals surface area contributed by atoms with Gasteiger partial charge in [0.1, 0.15) is 5.66 Å². The summed E-state index contributed by atoms with van der Waals surface area (Å²) in [5.41, 5.74) is 0.753. The van der Waals surface area contributed by atoms with Crippen molar-refractivity contribution in [3.05, 3.63) is 35.4 Å². The van der Waals surface area contributed by atoms with Crippen molar-refractivity contribution in [1.29, 1.82) is 0 Å². The summed E-state index contributed by atoms with van der Waals surface area (Å²) < 4.78 is 0. The van der Waals surface area contributed by atoms with E-state index in [1.807, 2.05) is 36.0 Å². The van der Waals surface area contributed by atoms with Gasteiger partial charge >= 0.3 is 5.97 Å². The summed E-state index contributed by atoms with van der Waals surface area (Å²) in [5, 5.41) is 9.25. The number of aliphatic imine (C=N–C) groups is 1. The average molecular weight is 414 g/mol. The quantitative estimate of drug-likeness (QED) is 0.741. The largest absolute Gasteiger partial charge is 0.478 e. The summed E-state index contributed by atoms with van der Waals surface area (Å²) >= 11 is 0. The Morgan fingerprint density at radius 3 is 2.30 bits per heavy atom. The van der Waals surface area contributed by atoms with E-state index in [9.17, 15) is 14.7 Å². The number of aromatic carboxylic acids is 1. The zero-order valence-electron chi connectivity index (χ0n) is 18.9. The standard InChI is InChI=1S/C24H35N3O3/c1-6-7-20(18-8-10-19(11-9-18)23(29)30)27-22(28)21(26(4)5)25-24(27)14-12-17(13-15-24)16(2)3/h8-11,16-17,20H,6-7,12-15H2,1-5H3,(H,29,30). The van der Waals surface area contributed by atoms with Gasteiger partial charge in [0.25, 0.3) is 5.91 Å². The van der Waals surface area contributed by atoms with E-state index >= 15 is 0 Å². The highest BCUT2D eigenvalue weighted by Crippen LogP contribution is 2.47. The van der Waals surface area contributed by atoms with E-state index in [-0.39, 0.29) is 17.5 Å². The predicted molar refractivity (Wildman–Crippen MR) is 119 cm³/mol. The van der Waals surface area contributed by atoms with Gasteiger partial charge < -0.3 is 14.9 Å². The minimum Gasteiger partial charge on any atom is -0.478 e. The zero-order chi connectivity index (χ0) is 22.1. The summed E-state index contributed by atoms with van der Waals surface area (Å²) in [4.78, 5) is 33.7. The summed E-state index contributed by atoms with van der Waals surface area (Å²) in [6.45, 7) is 6.67. The number of benzene rings is 1. The van der Waals surface area contributed by atoms with Crippen molar-refractivity contribution in [3.63, 3.8) is 0 Å². The summed E-state index contributed by atoms with van der Waals surface area (Å²) in [7, 11) is 3.76. The summed E-state index contributed by atoms with van der Waals surface area (Å²) in [6.07, 6.45) is 5.66. The molecule has 30 heavy (non-hydrogen) atoms. The zero-order valence-corrected chi connectivity index (χ0v) is 18.9. The fourth-order valence-electron chi connectivity index (χ4n) is 5.01. The highest BCUT2D eigenvalue weighted by molar-refractivity contribution is 6.39. The van der Waals surface area contributed by atoms with Crippen LogP contribution >= 0.6 is 0 Å². The maximum absolute atomic E-state index is 13.6. The Balaban J connectivity index is 1.99. The molecule has 1 aromatic rings. The molecule has 0 radical (unpaired) electrons. The number of hydrogen-bond donors (Lipinski definition) is 1. The Morgan fingerprint density at radius 1 is 1.23 bits per heavy atom. The van der Waals surface area contributed by atoms with Crippen LogP contribution in [0.25, 0.3) is 0 Å². The van der Waals surface area contributed by atoms with Gasteiger partial charge in [-0.3, -0.25) is 4.79 Å². The van der Waals surface area contributed by atoms with Crippen LogP contribution in [0.3, 0.4) is 0 Å². The Morgan fingerprint density at radius 2 is 1.83 bits per heavy atom. The Hall–Kier alpha value is -2.37. The average Bonchev–Trinajstić information content (AvgIpc) is 2.98. The molecule has 3 rings (SSSR count). The van der Waals surface area contributed by atoms with Gasteiger partial charge in [0.15, 0.2) is 5.84 Å². The predicted octanol–water partition coefficient (Wildman–Crippen LogP) is 4.57. The number of carbonyl (C=O) groups is 2. The number of nitrogens with zero attached hydrogens (tertiary/aromatic N) is 3. The van der Waals surface area contributed by atoms with Crippen molar-refractivity contribution in [2.45, 2.75) is 71.0 Å². The Kier molecular flexibility index (Phi) is 6.53. The van der Waals surface area contributed by atoms with Crippen molar-refractivity contribution >= 4 is 17.7 Å². The number of carbonyl (C=O) groups excluding carboxylic acids is 1. The van der Waals surface area contributed by atoms with Gasteiger partial charge in [-0.2, -0.15) is 0 Å². The lowest BCUT2D eigenvalue weighted by molar-refractivity contribution is -0.134. The van der Waals surface area contributed by atoms with Crippen molar-refractivity contribution in [1.82, 2.24) is 9.80 Å². The lowest BCUT2D eigenvalue weighted by Crippen LogP contribution is -2.51. The number of carboxylic acids is 1. The molecule has 0 aromatic heterocycles. The third-order valence-electron chi connectivity index (χ3n) is 6.79. The molecule has 1 N–H and O–H groups in total. The maximum atomic E-state index is 13.6. The van der Waals surface area contributed by atoms with E-state index in [0.29, 0.717) is 17.7 Å². The second kappa shape index (κ2) is 8.78. The van der Waals surface area contributed by atoms with Crippen LogP contribution in [-0.2, 0) is 4.79 Å². The Bertz CT molecular complexity index is 805. The second-order valence-corrected chi connectivity index (χ2v) is 9.30. The first-order chi connectivity index (χ1) is 14.2. The molecular weight excluding hydrogens is 378 g/mol. The number of hydrogen-bond acceptors (Lipinski definition) is 4. The van der Waals surface area contributed by atoms with Gasteiger partial charge in [0, 0.05) is 14.1 Å². The van der Waals surface area contributed by atoms with Crippen LogP contribution in [0.2, 0.25) is 0 Å². The first kappa shape index (κ1) is 22.3. The molecule has 0 saturated heterocycles. The topological polar surface area (TPSA) is 73.2 Å². The lowest BCUT2D eigenvalue weighted by Gasteiger charge is -2.46. The van der Waals surface area contributed by atoms with Crippen LogP contribution in [0.4, 0.5) is 0 Å². The first-order valence-corrected chi connectivity index (χ1v) is 11.1. The van der Waals surface area contributed by atoms with Crippen LogP contribution in [0.1, 0.15) is 81.3 Å². The van der Waals surface area contributed by atoms with E-state index in [1.54, 1.807) is 12.1 Å². The van der Waals surface area contributed by atoms with Gasteiger partial charge in [-0.15, -0.1) is 0 Å². The highest BCUT2D eigenvalue weighted by atomic mass is 16.4. The number of carboxylic acid groups (broad SMARTS) is 1. The first-order valence-electron chi connectivity index (χ1n) is 11.1. The second-order valence-electron chi connectivity index (χ2n) is 9.30. The van der Waals surface area contributed by atoms with E-state index < -0.39 is 11.6 Å². The molecule has 2 aliphatic rings. The van der Waals surface area contributed by atoms with E-state index in [1.165, 1.54) is 0 Å². The van der Waals surface area contributed by atoms with Crippen molar-refractivity contribution in [3.8, 4) is 0 Å². The molecule has 164 valence electrons. The molecule has 1 aromatic carbocycles. The number of amidine groups is 1. The van der Waals surface area contributed by atoms with E-state index in [2.05, 4.69) is 20.8 Å². The summed E-state index contributed by atoms with van der Waals surface area (Å²) in [5.74, 6) is 0.892. The highest BCUT2D eigenvalue weighted by Gasteiger charge is 2.52. The molecule has 1 saturated carbocycles. The van der Waals surface area contributed by atoms with Crippen molar-refractivity contribution in [2.75, 3.05) is 14.1 Å². The van der Waals surface area contributed by atoms with Crippen molar-refractivity contribution in [2.24, 2.45) is 16.8 Å². The molecule has 1 amide bonds. The SMILES string of the molecule is CCCC(c1ccc(C(=O)O)cc1)N1C(=O)C(N(C)C)=NC12CCC(C(C)C)CC2. The Labute approximate surface area is 180 Å². The molecule has 1 aliphatic heterocycles. The molecule has 6 nitrogen and oxygen atoms in total.